The molecule has 1 fully saturated rings. The maximum Gasteiger partial charge on any atom is 0.308 e. The molecule has 100 valence electrons. The SMILES string of the molecule is O=C(O)C1CC(=O)N(c2ccc([N+](=O)[O-])cc2O)C1. The standard InChI is InChI=1S/C11H10N2O6/c14-9-4-7(13(18)19)1-2-8(9)12-5-6(11(16)17)3-10(12)15/h1-2,4,6,14H,3,5H2,(H,16,17). The molecule has 0 saturated carbocycles. The van der Waals surface area contributed by atoms with E-state index in [4.69, 9.17) is 5.11 Å². The minimum absolute atomic E-state index is 0.0560. The first kappa shape index (κ1) is 12.8. The van der Waals surface area contributed by atoms with Crippen LogP contribution in [0.1, 0.15) is 6.42 Å². The molecule has 0 spiro atoms. The number of benzene rings is 1. The topological polar surface area (TPSA) is 121 Å². The number of phenols is 1. The first-order valence-corrected chi connectivity index (χ1v) is 5.40. The highest BCUT2D eigenvalue weighted by molar-refractivity contribution is 6.00. The van der Waals surface area contributed by atoms with Gasteiger partial charge >= 0.3 is 5.97 Å². The number of carbonyl (C=O) groups is 2. The molecule has 1 aliphatic heterocycles. The molecule has 2 rings (SSSR count). The van der Waals surface area contributed by atoms with E-state index in [2.05, 4.69) is 0 Å². The highest BCUT2D eigenvalue weighted by atomic mass is 16.6. The number of nitrogens with zero attached hydrogens (tertiary/aromatic N) is 2. The Bertz CT molecular complexity index is 570. The number of non-ortho nitro benzene ring substituents is 1. The molecule has 0 aromatic heterocycles. The number of amides is 1. The summed E-state index contributed by atoms with van der Waals surface area (Å²) in [5.74, 6) is -2.77. The van der Waals surface area contributed by atoms with Crippen molar-refractivity contribution in [2.24, 2.45) is 5.92 Å². The molecule has 1 aromatic carbocycles. The van der Waals surface area contributed by atoms with Gasteiger partial charge < -0.3 is 15.1 Å². The Morgan fingerprint density at radius 3 is 2.63 bits per heavy atom. The second-order valence-electron chi connectivity index (χ2n) is 4.17. The third-order valence-electron chi connectivity index (χ3n) is 2.93. The minimum Gasteiger partial charge on any atom is -0.505 e. The Morgan fingerprint density at radius 2 is 2.16 bits per heavy atom. The maximum absolute atomic E-state index is 11.7. The number of carboxylic acid groups (broad SMARTS) is 1. The lowest BCUT2D eigenvalue weighted by atomic mass is 10.1. The lowest BCUT2D eigenvalue weighted by Crippen LogP contribution is -2.25. The Labute approximate surface area is 107 Å². The molecule has 8 nitrogen and oxygen atoms in total. The molecule has 0 aliphatic carbocycles. The fourth-order valence-corrected chi connectivity index (χ4v) is 1.96. The van der Waals surface area contributed by atoms with E-state index in [1.807, 2.05) is 0 Å². The average molecular weight is 266 g/mol. The van der Waals surface area contributed by atoms with Gasteiger partial charge in [0.15, 0.2) is 0 Å². The van der Waals surface area contributed by atoms with Crippen LogP contribution in [-0.2, 0) is 9.59 Å². The van der Waals surface area contributed by atoms with Gasteiger partial charge in [0.1, 0.15) is 5.75 Å². The van der Waals surface area contributed by atoms with Crippen LogP contribution in [0.25, 0.3) is 0 Å². The van der Waals surface area contributed by atoms with Crippen molar-refractivity contribution in [3.8, 4) is 5.75 Å². The van der Waals surface area contributed by atoms with Gasteiger partial charge in [0, 0.05) is 19.0 Å². The van der Waals surface area contributed by atoms with Crippen LogP contribution in [-0.4, -0.2) is 33.6 Å². The smallest absolute Gasteiger partial charge is 0.308 e. The fraction of sp³-hybridized carbons (Fsp3) is 0.273. The van der Waals surface area contributed by atoms with Gasteiger partial charge in [-0.2, -0.15) is 0 Å². The summed E-state index contributed by atoms with van der Waals surface area (Å²) in [4.78, 5) is 33.5. The summed E-state index contributed by atoms with van der Waals surface area (Å²) >= 11 is 0. The Balaban J connectivity index is 2.30. The maximum atomic E-state index is 11.7. The zero-order valence-corrected chi connectivity index (χ0v) is 9.65. The number of carboxylic acids is 1. The van der Waals surface area contributed by atoms with E-state index in [1.54, 1.807) is 0 Å². The second kappa shape index (κ2) is 4.56. The summed E-state index contributed by atoms with van der Waals surface area (Å²) < 4.78 is 0. The Hall–Kier alpha value is -2.64. The number of aliphatic carboxylic acids is 1. The second-order valence-corrected chi connectivity index (χ2v) is 4.17. The zero-order chi connectivity index (χ0) is 14.2. The van der Waals surface area contributed by atoms with Crippen molar-refractivity contribution in [2.45, 2.75) is 6.42 Å². The van der Waals surface area contributed by atoms with Crippen molar-refractivity contribution in [1.82, 2.24) is 0 Å². The fourth-order valence-electron chi connectivity index (χ4n) is 1.96. The molecule has 8 heteroatoms. The predicted molar refractivity (Wildman–Crippen MR) is 62.9 cm³/mol. The molecule has 19 heavy (non-hydrogen) atoms. The van der Waals surface area contributed by atoms with E-state index in [0.717, 1.165) is 17.0 Å². The number of carbonyl (C=O) groups excluding carboxylic acids is 1. The Kier molecular flexibility index (Phi) is 3.07. The van der Waals surface area contributed by atoms with Crippen LogP contribution in [0.15, 0.2) is 18.2 Å². The molecular formula is C11H10N2O6. The van der Waals surface area contributed by atoms with Crippen molar-refractivity contribution < 1.29 is 24.7 Å². The van der Waals surface area contributed by atoms with E-state index in [1.165, 1.54) is 6.07 Å². The lowest BCUT2D eigenvalue weighted by Gasteiger charge is -2.17. The van der Waals surface area contributed by atoms with Crippen LogP contribution in [0.2, 0.25) is 0 Å². The molecule has 1 unspecified atom stereocenters. The van der Waals surface area contributed by atoms with Crippen molar-refractivity contribution in [2.75, 3.05) is 11.4 Å². The van der Waals surface area contributed by atoms with Gasteiger partial charge in [-0.3, -0.25) is 19.7 Å². The first-order valence-electron chi connectivity index (χ1n) is 5.40. The van der Waals surface area contributed by atoms with E-state index in [-0.39, 0.29) is 24.3 Å². The van der Waals surface area contributed by atoms with Gasteiger partial charge in [0.2, 0.25) is 5.91 Å². The highest BCUT2D eigenvalue weighted by Crippen LogP contribution is 2.34. The minimum atomic E-state index is -1.09. The molecule has 0 radical (unpaired) electrons. The number of rotatable bonds is 3. The molecule has 1 amide bonds. The summed E-state index contributed by atoms with van der Waals surface area (Å²) in [7, 11) is 0. The molecular weight excluding hydrogens is 256 g/mol. The summed E-state index contributed by atoms with van der Waals surface area (Å²) in [6.07, 6.45) is -0.147. The molecule has 1 heterocycles. The molecule has 2 N–H and O–H groups in total. The summed E-state index contributed by atoms with van der Waals surface area (Å²) in [5, 5.41) is 29.1. The van der Waals surface area contributed by atoms with Gasteiger partial charge in [-0.25, -0.2) is 0 Å². The summed E-state index contributed by atoms with van der Waals surface area (Å²) in [6, 6.07) is 3.31. The third-order valence-corrected chi connectivity index (χ3v) is 2.93. The predicted octanol–water partition coefficient (Wildman–Crippen LogP) is 0.738. The van der Waals surface area contributed by atoms with Crippen molar-refractivity contribution >= 4 is 23.3 Å². The monoisotopic (exact) mass is 266 g/mol. The molecule has 1 aromatic rings. The number of hydrogen-bond acceptors (Lipinski definition) is 5. The molecule has 0 bridgehead atoms. The van der Waals surface area contributed by atoms with E-state index >= 15 is 0 Å². The van der Waals surface area contributed by atoms with Crippen LogP contribution in [0, 0.1) is 16.0 Å². The number of nitro benzene ring substituents is 1. The van der Waals surface area contributed by atoms with Crippen molar-refractivity contribution in [1.29, 1.82) is 0 Å². The molecule has 1 atom stereocenters. The van der Waals surface area contributed by atoms with E-state index < -0.39 is 28.5 Å². The van der Waals surface area contributed by atoms with E-state index in [9.17, 15) is 24.8 Å². The number of aromatic hydroxyl groups is 1. The van der Waals surface area contributed by atoms with Crippen LogP contribution < -0.4 is 4.90 Å². The van der Waals surface area contributed by atoms with Gasteiger partial charge in [0.05, 0.1) is 22.6 Å². The number of nitro groups is 1. The highest BCUT2D eigenvalue weighted by Gasteiger charge is 2.36. The van der Waals surface area contributed by atoms with Gasteiger partial charge in [-0.15, -0.1) is 0 Å². The number of anilines is 1. The lowest BCUT2D eigenvalue weighted by molar-refractivity contribution is -0.384. The normalized spacial score (nSPS) is 18.6. The molecule has 1 aliphatic rings. The van der Waals surface area contributed by atoms with Gasteiger partial charge in [-0.1, -0.05) is 0 Å². The average Bonchev–Trinajstić information content (AvgIpc) is 2.71. The summed E-state index contributed by atoms with van der Waals surface area (Å²) in [6.45, 7) is -0.0560. The van der Waals surface area contributed by atoms with Crippen molar-refractivity contribution in [3.63, 3.8) is 0 Å². The Morgan fingerprint density at radius 1 is 1.47 bits per heavy atom. The first-order chi connectivity index (χ1) is 8.90. The van der Waals surface area contributed by atoms with Crippen molar-refractivity contribution in [3.05, 3.63) is 28.3 Å². The zero-order valence-electron chi connectivity index (χ0n) is 9.65. The van der Waals surface area contributed by atoms with E-state index in [0.29, 0.717) is 0 Å². The summed E-state index contributed by atoms with van der Waals surface area (Å²) in [5.41, 5.74) is -0.220. The number of phenolic OH excluding ortho intramolecular Hbond substituents is 1. The van der Waals surface area contributed by atoms with Crippen LogP contribution in [0.5, 0.6) is 5.75 Å². The van der Waals surface area contributed by atoms with Crippen LogP contribution >= 0.6 is 0 Å². The van der Waals surface area contributed by atoms with Gasteiger partial charge in [-0.05, 0) is 6.07 Å². The third kappa shape index (κ3) is 2.32. The number of hydrogen-bond donors (Lipinski definition) is 2. The largest absolute Gasteiger partial charge is 0.505 e. The van der Waals surface area contributed by atoms with Crippen LogP contribution in [0.4, 0.5) is 11.4 Å². The quantitative estimate of drug-likeness (QED) is 0.614. The molecule has 1 saturated heterocycles. The van der Waals surface area contributed by atoms with Gasteiger partial charge in [0.25, 0.3) is 5.69 Å². The van der Waals surface area contributed by atoms with Crippen LogP contribution in [0.3, 0.4) is 0 Å².